The zero-order valence-electron chi connectivity index (χ0n) is 19.2. The predicted molar refractivity (Wildman–Crippen MR) is 121 cm³/mol. The highest BCUT2D eigenvalue weighted by molar-refractivity contribution is 6.30. The molecule has 7 nitrogen and oxygen atoms in total. The number of pyridine rings is 1. The number of aromatic nitrogens is 4. The Bertz CT molecular complexity index is 1460. The largest absolute Gasteiger partial charge is 0.485 e. The van der Waals surface area contributed by atoms with Crippen LogP contribution in [0.3, 0.4) is 0 Å². The first kappa shape index (κ1) is 25.4. The van der Waals surface area contributed by atoms with Gasteiger partial charge in [0.25, 0.3) is 5.91 Å². The van der Waals surface area contributed by atoms with Crippen molar-refractivity contribution in [2.24, 2.45) is 0 Å². The van der Waals surface area contributed by atoms with Gasteiger partial charge in [-0.2, -0.15) is 18.3 Å². The van der Waals surface area contributed by atoms with E-state index in [1.54, 1.807) is 6.92 Å². The molecule has 190 valence electrons. The number of carbonyl (C=O) groups is 1. The van der Waals surface area contributed by atoms with Crippen molar-refractivity contribution >= 4 is 28.8 Å². The van der Waals surface area contributed by atoms with Crippen LogP contribution in [-0.4, -0.2) is 31.2 Å². The van der Waals surface area contributed by atoms with Gasteiger partial charge in [0.1, 0.15) is 30.5 Å². The fraction of sp³-hybridized carbons (Fsp3) is 0.261. The summed E-state index contributed by atoms with van der Waals surface area (Å²) in [6, 6.07) is 4.81. The minimum atomic E-state index is -4.48. The summed E-state index contributed by atoms with van der Waals surface area (Å²) >= 11 is 6.20. The molecule has 3 aromatic heterocycles. The molecule has 4 rings (SSSR count). The third-order valence-electron chi connectivity index (χ3n) is 5.43. The molecule has 0 aliphatic rings. The molecule has 36 heavy (non-hydrogen) atoms. The fourth-order valence-electron chi connectivity index (χ4n) is 3.77. The van der Waals surface area contributed by atoms with Crippen molar-refractivity contribution in [3.8, 4) is 5.75 Å². The predicted octanol–water partition coefficient (Wildman–Crippen LogP) is 5.78. The van der Waals surface area contributed by atoms with Crippen LogP contribution in [0.1, 0.15) is 33.1 Å². The number of anilines is 1. The number of hydrogen-bond acceptors (Lipinski definition) is 4. The second-order valence-corrected chi connectivity index (χ2v) is 8.46. The number of ether oxygens (including phenoxy) is 1. The second-order valence-electron chi connectivity index (χ2n) is 8.02. The smallest absolute Gasteiger partial charge is 0.408 e. The summed E-state index contributed by atoms with van der Waals surface area (Å²) in [6.07, 6.45) is -3.09. The SMILES string of the molecule is Cc1nn(CC(F)(F)F)c(C)c1NC(=O)c1c(C)nc2c(OCc3c(F)cccc3F)cc(Cl)cn12. The quantitative estimate of drug-likeness (QED) is 0.323. The zero-order valence-corrected chi connectivity index (χ0v) is 19.9. The first-order chi connectivity index (χ1) is 16.9. The van der Waals surface area contributed by atoms with Crippen molar-refractivity contribution in [1.82, 2.24) is 19.2 Å². The number of alkyl halides is 3. The molecule has 3 heterocycles. The number of hydrogen-bond donors (Lipinski definition) is 1. The van der Waals surface area contributed by atoms with E-state index in [2.05, 4.69) is 15.4 Å². The van der Waals surface area contributed by atoms with E-state index in [-0.39, 0.29) is 50.4 Å². The van der Waals surface area contributed by atoms with Gasteiger partial charge in [0, 0.05) is 12.3 Å². The summed E-state index contributed by atoms with van der Waals surface area (Å²) < 4.78 is 74.2. The minimum Gasteiger partial charge on any atom is -0.485 e. The van der Waals surface area contributed by atoms with Crippen LogP contribution in [0.4, 0.5) is 27.6 Å². The van der Waals surface area contributed by atoms with Gasteiger partial charge in [-0.1, -0.05) is 17.7 Å². The van der Waals surface area contributed by atoms with Crippen molar-refractivity contribution < 1.29 is 31.5 Å². The van der Waals surface area contributed by atoms with Crippen molar-refractivity contribution in [3.05, 3.63) is 75.5 Å². The number of nitrogens with zero attached hydrogens (tertiary/aromatic N) is 4. The number of halogens is 6. The van der Waals surface area contributed by atoms with Gasteiger partial charge in [-0.3, -0.25) is 13.9 Å². The molecule has 1 amide bonds. The topological polar surface area (TPSA) is 73.5 Å². The molecule has 0 aliphatic carbocycles. The van der Waals surface area contributed by atoms with Crippen LogP contribution >= 0.6 is 11.6 Å². The van der Waals surface area contributed by atoms with Gasteiger partial charge in [-0.25, -0.2) is 13.8 Å². The van der Waals surface area contributed by atoms with Crippen molar-refractivity contribution in [2.75, 3.05) is 5.32 Å². The van der Waals surface area contributed by atoms with Crippen LogP contribution in [0.25, 0.3) is 5.65 Å². The molecular weight excluding hydrogens is 509 g/mol. The molecule has 0 spiro atoms. The number of benzene rings is 1. The van der Waals surface area contributed by atoms with Gasteiger partial charge < -0.3 is 10.1 Å². The summed E-state index contributed by atoms with van der Waals surface area (Å²) in [5.74, 6) is -2.18. The molecule has 0 saturated heterocycles. The lowest BCUT2D eigenvalue weighted by Crippen LogP contribution is -2.20. The number of carbonyl (C=O) groups excluding carboxylic acids is 1. The standard InChI is InChI=1S/C23H19ClF5N5O2/c1-11-19(13(3)34(32-11)10-23(27,28)29)31-22(35)20-12(2)30-21-18(7-14(24)8-33(20)21)36-9-15-16(25)5-4-6-17(15)26/h4-8H,9-10H2,1-3H3,(H,31,35). The van der Waals surface area contributed by atoms with E-state index in [1.807, 2.05) is 0 Å². The number of rotatable bonds is 6. The average Bonchev–Trinajstić information content (AvgIpc) is 3.22. The number of amides is 1. The first-order valence-corrected chi connectivity index (χ1v) is 10.9. The number of imidazole rings is 1. The molecule has 13 heteroatoms. The third kappa shape index (κ3) is 4.99. The maximum Gasteiger partial charge on any atom is 0.408 e. The minimum absolute atomic E-state index is 0.0387. The first-order valence-electron chi connectivity index (χ1n) is 10.5. The van der Waals surface area contributed by atoms with Crippen LogP contribution in [0.5, 0.6) is 5.75 Å². The maximum atomic E-state index is 14.0. The Kier molecular flexibility index (Phi) is 6.65. The van der Waals surface area contributed by atoms with E-state index in [0.29, 0.717) is 0 Å². The van der Waals surface area contributed by atoms with E-state index in [4.69, 9.17) is 16.3 Å². The third-order valence-corrected chi connectivity index (χ3v) is 5.63. The summed E-state index contributed by atoms with van der Waals surface area (Å²) in [5.41, 5.74) is 0.612. The molecule has 1 aromatic carbocycles. The Morgan fingerprint density at radius 1 is 1.14 bits per heavy atom. The van der Waals surface area contributed by atoms with Crippen LogP contribution in [0.15, 0.2) is 30.5 Å². The summed E-state index contributed by atoms with van der Waals surface area (Å²) in [4.78, 5) is 17.5. The highest BCUT2D eigenvalue weighted by Crippen LogP contribution is 2.29. The molecule has 4 aromatic rings. The van der Waals surface area contributed by atoms with Gasteiger partial charge in [-0.05, 0) is 32.9 Å². The van der Waals surface area contributed by atoms with E-state index in [9.17, 15) is 26.7 Å². The number of aryl methyl sites for hydroxylation is 2. The van der Waals surface area contributed by atoms with Crippen molar-refractivity contribution in [3.63, 3.8) is 0 Å². The van der Waals surface area contributed by atoms with E-state index in [1.165, 1.54) is 36.6 Å². The normalized spacial score (nSPS) is 11.8. The maximum absolute atomic E-state index is 14.0. The highest BCUT2D eigenvalue weighted by atomic mass is 35.5. The van der Waals surface area contributed by atoms with Crippen LogP contribution in [-0.2, 0) is 13.2 Å². The fourth-order valence-corrected chi connectivity index (χ4v) is 3.97. The Labute approximate surface area is 206 Å². The van der Waals surface area contributed by atoms with Crippen molar-refractivity contribution in [1.29, 1.82) is 0 Å². The Morgan fingerprint density at radius 3 is 2.44 bits per heavy atom. The lowest BCUT2D eigenvalue weighted by atomic mass is 10.2. The summed E-state index contributed by atoms with van der Waals surface area (Å²) in [7, 11) is 0. The average molecular weight is 528 g/mol. The van der Waals surface area contributed by atoms with E-state index in [0.717, 1.165) is 16.8 Å². The zero-order chi connectivity index (χ0) is 26.4. The summed E-state index contributed by atoms with van der Waals surface area (Å²) in [5, 5.41) is 6.61. The van der Waals surface area contributed by atoms with Crippen LogP contribution < -0.4 is 10.1 Å². The molecule has 0 fully saturated rings. The molecule has 0 saturated carbocycles. The second kappa shape index (κ2) is 9.41. The van der Waals surface area contributed by atoms with Gasteiger partial charge >= 0.3 is 6.18 Å². The Hall–Kier alpha value is -3.67. The molecule has 0 radical (unpaired) electrons. The van der Waals surface area contributed by atoms with E-state index < -0.39 is 36.9 Å². The lowest BCUT2D eigenvalue weighted by molar-refractivity contribution is -0.142. The summed E-state index contributed by atoms with van der Waals surface area (Å²) in [6.45, 7) is 2.67. The van der Waals surface area contributed by atoms with Gasteiger partial charge in [0.2, 0.25) is 0 Å². The van der Waals surface area contributed by atoms with E-state index >= 15 is 0 Å². The lowest BCUT2D eigenvalue weighted by Gasteiger charge is -2.11. The molecule has 0 aliphatic heterocycles. The number of fused-ring (bicyclic) bond motifs is 1. The van der Waals surface area contributed by atoms with Crippen LogP contribution in [0.2, 0.25) is 5.02 Å². The van der Waals surface area contributed by atoms with Gasteiger partial charge in [0.15, 0.2) is 11.4 Å². The Morgan fingerprint density at radius 2 is 1.81 bits per heavy atom. The molecule has 0 atom stereocenters. The molecule has 0 unspecified atom stereocenters. The van der Waals surface area contributed by atoms with Crippen LogP contribution in [0, 0.1) is 32.4 Å². The van der Waals surface area contributed by atoms with Gasteiger partial charge in [-0.15, -0.1) is 0 Å². The van der Waals surface area contributed by atoms with Crippen molar-refractivity contribution in [2.45, 2.75) is 40.1 Å². The monoisotopic (exact) mass is 527 g/mol. The van der Waals surface area contributed by atoms with Gasteiger partial charge in [0.05, 0.1) is 33.4 Å². The Balaban J connectivity index is 1.67. The molecule has 0 bridgehead atoms. The highest BCUT2D eigenvalue weighted by Gasteiger charge is 2.31. The molecule has 1 N–H and O–H groups in total. The number of nitrogens with one attached hydrogen (secondary N) is 1. The molecular formula is C23H19ClF5N5O2.